The van der Waals surface area contributed by atoms with Crippen LogP contribution in [0, 0.1) is 13.8 Å². The topological polar surface area (TPSA) is 51.5 Å². The molecular weight excluding hydrogens is 278 g/mol. The predicted octanol–water partition coefficient (Wildman–Crippen LogP) is 3.62. The number of nitrogens with one attached hydrogen (secondary N) is 1. The summed E-state index contributed by atoms with van der Waals surface area (Å²) in [4.78, 5) is 11.8. The molecule has 4 nitrogen and oxygen atoms in total. The lowest BCUT2D eigenvalue weighted by molar-refractivity contribution is -0.116. The fourth-order valence-electron chi connectivity index (χ4n) is 2.11. The van der Waals surface area contributed by atoms with Crippen molar-refractivity contribution in [1.29, 1.82) is 0 Å². The fourth-order valence-corrected chi connectivity index (χ4v) is 2.11. The van der Waals surface area contributed by atoms with Crippen molar-refractivity contribution in [3.05, 3.63) is 59.1 Å². The SMILES string of the molecule is CCOc1ccc(/C=C/C(=O)NCc2cc(C)oc2C)cc1. The van der Waals surface area contributed by atoms with E-state index in [9.17, 15) is 4.79 Å². The van der Waals surface area contributed by atoms with Crippen LogP contribution in [0.5, 0.6) is 5.75 Å². The van der Waals surface area contributed by atoms with Crippen LogP contribution in [-0.2, 0) is 11.3 Å². The van der Waals surface area contributed by atoms with Crippen molar-refractivity contribution < 1.29 is 13.9 Å². The third-order valence-corrected chi connectivity index (χ3v) is 3.22. The minimum absolute atomic E-state index is 0.132. The van der Waals surface area contributed by atoms with Crippen molar-refractivity contribution in [2.45, 2.75) is 27.3 Å². The number of amides is 1. The minimum atomic E-state index is -0.132. The number of carbonyl (C=O) groups excluding carboxylic acids is 1. The van der Waals surface area contributed by atoms with Crippen LogP contribution in [0.1, 0.15) is 29.6 Å². The van der Waals surface area contributed by atoms with Crippen LogP contribution >= 0.6 is 0 Å². The number of hydrogen-bond acceptors (Lipinski definition) is 3. The Bertz CT molecular complexity index is 653. The van der Waals surface area contributed by atoms with E-state index in [2.05, 4.69) is 5.32 Å². The first-order chi connectivity index (χ1) is 10.6. The molecule has 22 heavy (non-hydrogen) atoms. The lowest BCUT2D eigenvalue weighted by atomic mass is 10.2. The van der Waals surface area contributed by atoms with Crippen molar-refractivity contribution in [3.8, 4) is 5.75 Å². The molecule has 2 rings (SSSR count). The van der Waals surface area contributed by atoms with E-state index in [1.54, 1.807) is 6.08 Å². The molecule has 1 aromatic carbocycles. The van der Waals surface area contributed by atoms with Crippen LogP contribution < -0.4 is 10.1 Å². The van der Waals surface area contributed by atoms with Crippen molar-refractivity contribution in [3.63, 3.8) is 0 Å². The molecule has 0 aliphatic carbocycles. The van der Waals surface area contributed by atoms with Crippen LogP contribution in [0.4, 0.5) is 0 Å². The van der Waals surface area contributed by atoms with Crippen molar-refractivity contribution >= 4 is 12.0 Å². The van der Waals surface area contributed by atoms with E-state index in [0.717, 1.165) is 28.4 Å². The van der Waals surface area contributed by atoms with Gasteiger partial charge in [0, 0.05) is 18.2 Å². The van der Waals surface area contributed by atoms with Crippen molar-refractivity contribution in [2.75, 3.05) is 6.61 Å². The van der Waals surface area contributed by atoms with Gasteiger partial charge < -0.3 is 14.5 Å². The van der Waals surface area contributed by atoms with Gasteiger partial charge in [-0.3, -0.25) is 4.79 Å². The monoisotopic (exact) mass is 299 g/mol. The van der Waals surface area contributed by atoms with E-state index in [4.69, 9.17) is 9.15 Å². The molecule has 4 heteroatoms. The molecule has 0 aliphatic heterocycles. The molecule has 2 aromatic rings. The van der Waals surface area contributed by atoms with E-state index in [1.807, 2.05) is 51.1 Å². The lowest BCUT2D eigenvalue weighted by Crippen LogP contribution is -2.20. The second kappa shape index (κ2) is 7.50. The zero-order valence-corrected chi connectivity index (χ0v) is 13.2. The first-order valence-corrected chi connectivity index (χ1v) is 7.33. The van der Waals surface area contributed by atoms with E-state index in [-0.39, 0.29) is 5.91 Å². The summed E-state index contributed by atoms with van der Waals surface area (Å²) in [7, 11) is 0. The summed E-state index contributed by atoms with van der Waals surface area (Å²) in [5.74, 6) is 2.39. The van der Waals surface area contributed by atoms with Gasteiger partial charge in [0.25, 0.3) is 0 Å². The summed E-state index contributed by atoms with van der Waals surface area (Å²) in [6, 6.07) is 9.54. The molecule has 0 aliphatic rings. The molecule has 0 bridgehead atoms. The number of ether oxygens (including phenoxy) is 1. The highest BCUT2D eigenvalue weighted by molar-refractivity contribution is 5.91. The smallest absolute Gasteiger partial charge is 0.244 e. The largest absolute Gasteiger partial charge is 0.494 e. The maximum atomic E-state index is 11.8. The molecule has 0 radical (unpaired) electrons. The van der Waals surface area contributed by atoms with Gasteiger partial charge in [0.15, 0.2) is 0 Å². The van der Waals surface area contributed by atoms with E-state index < -0.39 is 0 Å². The van der Waals surface area contributed by atoms with Gasteiger partial charge in [-0.25, -0.2) is 0 Å². The van der Waals surface area contributed by atoms with Gasteiger partial charge >= 0.3 is 0 Å². The summed E-state index contributed by atoms with van der Waals surface area (Å²) in [6.45, 7) is 6.84. The minimum Gasteiger partial charge on any atom is -0.494 e. The summed E-state index contributed by atoms with van der Waals surface area (Å²) >= 11 is 0. The summed E-state index contributed by atoms with van der Waals surface area (Å²) < 4.78 is 10.8. The molecule has 1 amide bonds. The average molecular weight is 299 g/mol. The maximum Gasteiger partial charge on any atom is 0.244 e. The Labute approximate surface area is 130 Å². The van der Waals surface area contributed by atoms with Crippen molar-refractivity contribution in [2.24, 2.45) is 0 Å². The zero-order chi connectivity index (χ0) is 15.9. The van der Waals surface area contributed by atoms with E-state index >= 15 is 0 Å². The predicted molar refractivity (Wildman–Crippen MR) is 86.7 cm³/mol. The quantitative estimate of drug-likeness (QED) is 0.829. The molecule has 0 saturated heterocycles. The Hall–Kier alpha value is -2.49. The highest BCUT2D eigenvalue weighted by Crippen LogP contribution is 2.14. The Kier molecular flexibility index (Phi) is 5.42. The standard InChI is InChI=1S/C18H21NO3/c1-4-21-17-8-5-15(6-9-17)7-10-18(20)19-12-16-11-13(2)22-14(16)3/h5-11H,4,12H2,1-3H3,(H,19,20)/b10-7+. The van der Waals surface area contributed by atoms with Crippen LogP contribution in [0.2, 0.25) is 0 Å². The normalized spacial score (nSPS) is 10.9. The van der Waals surface area contributed by atoms with Gasteiger partial charge in [-0.05, 0) is 50.6 Å². The number of furan rings is 1. The van der Waals surface area contributed by atoms with Gasteiger partial charge in [-0.2, -0.15) is 0 Å². The summed E-state index contributed by atoms with van der Waals surface area (Å²) in [5.41, 5.74) is 1.95. The van der Waals surface area contributed by atoms with Crippen molar-refractivity contribution in [1.82, 2.24) is 5.32 Å². The second-order valence-electron chi connectivity index (χ2n) is 4.99. The van der Waals surface area contributed by atoms with E-state index in [1.165, 1.54) is 6.08 Å². The molecule has 0 unspecified atom stereocenters. The third-order valence-electron chi connectivity index (χ3n) is 3.22. The number of aryl methyl sites for hydroxylation is 2. The van der Waals surface area contributed by atoms with Gasteiger partial charge in [0.05, 0.1) is 6.61 Å². The number of hydrogen-bond donors (Lipinski definition) is 1. The highest BCUT2D eigenvalue weighted by atomic mass is 16.5. The first kappa shape index (κ1) is 15.9. The van der Waals surface area contributed by atoms with Gasteiger partial charge in [-0.15, -0.1) is 0 Å². The molecule has 0 fully saturated rings. The maximum absolute atomic E-state index is 11.8. The van der Waals surface area contributed by atoms with Gasteiger partial charge in [0.1, 0.15) is 17.3 Å². The molecule has 116 valence electrons. The number of carbonyl (C=O) groups is 1. The van der Waals surface area contributed by atoms with Gasteiger partial charge in [0.2, 0.25) is 5.91 Å². The third kappa shape index (κ3) is 4.52. The zero-order valence-electron chi connectivity index (χ0n) is 13.2. The van der Waals surface area contributed by atoms with Crippen LogP contribution in [0.25, 0.3) is 6.08 Å². The lowest BCUT2D eigenvalue weighted by Gasteiger charge is -2.02. The van der Waals surface area contributed by atoms with Crippen LogP contribution in [-0.4, -0.2) is 12.5 Å². The summed E-state index contributed by atoms with van der Waals surface area (Å²) in [6.07, 6.45) is 3.30. The average Bonchev–Trinajstić information content (AvgIpc) is 2.82. The molecule has 0 spiro atoms. The number of benzene rings is 1. The fraction of sp³-hybridized carbons (Fsp3) is 0.278. The number of rotatable bonds is 6. The summed E-state index contributed by atoms with van der Waals surface area (Å²) in [5, 5.41) is 2.84. The second-order valence-corrected chi connectivity index (χ2v) is 4.99. The van der Waals surface area contributed by atoms with Crippen LogP contribution in [0.15, 0.2) is 40.8 Å². The Morgan fingerprint density at radius 3 is 2.59 bits per heavy atom. The molecule has 1 N–H and O–H groups in total. The Morgan fingerprint density at radius 2 is 2.00 bits per heavy atom. The molecule has 0 atom stereocenters. The highest BCUT2D eigenvalue weighted by Gasteiger charge is 2.05. The molecular formula is C18H21NO3. The Morgan fingerprint density at radius 1 is 1.27 bits per heavy atom. The first-order valence-electron chi connectivity index (χ1n) is 7.33. The van der Waals surface area contributed by atoms with Gasteiger partial charge in [-0.1, -0.05) is 12.1 Å². The molecule has 0 saturated carbocycles. The Balaban J connectivity index is 1.87. The van der Waals surface area contributed by atoms with E-state index in [0.29, 0.717) is 13.2 Å². The van der Waals surface area contributed by atoms with Crippen LogP contribution in [0.3, 0.4) is 0 Å². The molecule has 1 aromatic heterocycles. The molecule has 1 heterocycles.